The van der Waals surface area contributed by atoms with E-state index in [0.29, 0.717) is 26.1 Å². The number of unbranched alkanes of at least 4 members (excludes halogenated alkanes) is 18. The Balaban J connectivity index is 2.16. The van der Waals surface area contributed by atoms with E-state index in [0.717, 1.165) is 56.3 Å². The Morgan fingerprint density at radius 1 is 0.393 bits per heavy atom. The Kier molecular flexibility index (Phi) is 38.4. The predicted molar refractivity (Wildman–Crippen MR) is 242 cm³/mol. The largest absolute Gasteiger partial charge is 0.466 e. The van der Waals surface area contributed by atoms with Gasteiger partial charge in [0.2, 0.25) is 0 Å². The molecule has 1 heterocycles. The zero-order valence-corrected chi connectivity index (χ0v) is 38.5. The smallest absolute Gasteiger partial charge is 0.305 e. The number of piperidine rings is 1. The van der Waals surface area contributed by atoms with Gasteiger partial charge in [-0.3, -0.25) is 9.59 Å². The standard InChI is InChI=1S/C51H99NO4/c1-5-9-22-32-47(33-23-10-6-2)40-44-55-50(53)38-28-19-15-13-17-26-36-49(46-52-42-30-21-31-43-52)37-27-18-14-16-20-29-39-51(54)56-45-41-48(34-24-11-7-3)35-25-12-8-4/h47-49H,5-46H2,1-4H3. The van der Waals surface area contributed by atoms with Crippen LogP contribution in [0.3, 0.4) is 0 Å². The molecule has 1 saturated heterocycles. The highest BCUT2D eigenvalue weighted by Crippen LogP contribution is 2.24. The van der Waals surface area contributed by atoms with E-state index >= 15 is 0 Å². The molecule has 56 heavy (non-hydrogen) atoms. The molecule has 1 rings (SSSR count). The second-order valence-electron chi connectivity index (χ2n) is 18.3. The topological polar surface area (TPSA) is 55.8 Å². The molecule has 332 valence electrons. The summed E-state index contributed by atoms with van der Waals surface area (Å²) in [4.78, 5) is 27.5. The minimum atomic E-state index is 0.0243. The first-order valence-electron chi connectivity index (χ1n) is 25.6. The van der Waals surface area contributed by atoms with E-state index in [1.807, 2.05) is 0 Å². The van der Waals surface area contributed by atoms with Crippen molar-refractivity contribution in [3.05, 3.63) is 0 Å². The number of carbonyl (C=O) groups is 2. The molecule has 0 saturated carbocycles. The normalized spacial score (nSPS) is 13.7. The molecule has 1 aliphatic rings. The summed E-state index contributed by atoms with van der Waals surface area (Å²) in [6.07, 6.45) is 45.9. The van der Waals surface area contributed by atoms with E-state index in [1.165, 1.54) is 206 Å². The monoisotopic (exact) mass is 790 g/mol. The van der Waals surface area contributed by atoms with Crippen molar-refractivity contribution < 1.29 is 19.1 Å². The fraction of sp³-hybridized carbons (Fsp3) is 0.961. The second kappa shape index (κ2) is 40.7. The van der Waals surface area contributed by atoms with Crippen molar-refractivity contribution in [1.29, 1.82) is 0 Å². The molecule has 0 aromatic carbocycles. The van der Waals surface area contributed by atoms with Gasteiger partial charge in [0, 0.05) is 19.4 Å². The number of hydrogen-bond acceptors (Lipinski definition) is 5. The number of hydrogen-bond donors (Lipinski definition) is 0. The van der Waals surface area contributed by atoms with Crippen LogP contribution in [0.1, 0.15) is 265 Å². The van der Waals surface area contributed by atoms with Crippen LogP contribution in [0.25, 0.3) is 0 Å². The van der Waals surface area contributed by atoms with Crippen LogP contribution >= 0.6 is 0 Å². The highest BCUT2D eigenvalue weighted by atomic mass is 16.5. The van der Waals surface area contributed by atoms with Gasteiger partial charge in [-0.2, -0.15) is 0 Å². The molecule has 0 aromatic rings. The van der Waals surface area contributed by atoms with E-state index < -0.39 is 0 Å². The summed E-state index contributed by atoms with van der Waals surface area (Å²) in [5.41, 5.74) is 0. The third-order valence-electron chi connectivity index (χ3n) is 12.9. The van der Waals surface area contributed by atoms with Gasteiger partial charge >= 0.3 is 11.9 Å². The van der Waals surface area contributed by atoms with E-state index in [9.17, 15) is 9.59 Å². The lowest BCUT2D eigenvalue weighted by atomic mass is 9.92. The van der Waals surface area contributed by atoms with Gasteiger partial charge in [-0.05, 0) is 82.2 Å². The number of ether oxygens (including phenoxy) is 2. The molecule has 0 amide bonds. The van der Waals surface area contributed by atoms with Crippen molar-refractivity contribution in [2.24, 2.45) is 17.8 Å². The number of carbonyl (C=O) groups excluding carboxylic acids is 2. The van der Waals surface area contributed by atoms with E-state index in [1.54, 1.807) is 0 Å². The van der Waals surface area contributed by atoms with Crippen molar-refractivity contribution in [3.63, 3.8) is 0 Å². The summed E-state index contributed by atoms with van der Waals surface area (Å²) in [5, 5.41) is 0. The third-order valence-corrected chi connectivity index (χ3v) is 12.9. The van der Waals surface area contributed by atoms with Crippen molar-refractivity contribution >= 4 is 11.9 Å². The molecule has 0 radical (unpaired) electrons. The average Bonchev–Trinajstić information content (AvgIpc) is 3.20. The Labute approximate surface area is 350 Å². The molecule has 0 N–H and O–H groups in total. The maximum atomic E-state index is 12.4. The van der Waals surface area contributed by atoms with Gasteiger partial charge in [-0.25, -0.2) is 0 Å². The van der Waals surface area contributed by atoms with Crippen LogP contribution in [0.15, 0.2) is 0 Å². The van der Waals surface area contributed by atoms with Crippen LogP contribution in [0, 0.1) is 17.8 Å². The Morgan fingerprint density at radius 3 is 1.09 bits per heavy atom. The summed E-state index contributed by atoms with van der Waals surface area (Å²) < 4.78 is 11.3. The molecule has 5 heteroatoms. The SMILES string of the molecule is CCCCCC(CCCCC)CCOC(=O)CCCCCCCCC(CCCCCCCCC(=O)OCCC(CCCCC)CCCCC)CN1CCCCC1. The van der Waals surface area contributed by atoms with Crippen LogP contribution in [0.5, 0.6) is 0 Å². The maximum Gasteiger partial charge on any atom is 0.305 e. The Hall–Kier alpha value is -1.10. The van der Waals surface area contributed by atoms with Crippen molar-refractivity contribution in [1.82, 2.24) is 4.90 Å². The fourth-order valence-corrected chi connectivity index (χ4v) is 9.07. The number of nitrogens with zero attached hydrogens (tertiary/aromatic N) is 1. The number of rotatable bonds is 42. The molecular formula is C51H99NO4. The first-order chi connectivity index (χ1) is 27.5. The first-order valence-corrected chi connectivity index (χ1v) is 25.6. The van der Waals surface area contributed by atoms with Gasteiger partial charge < -0.3 is 14.4 Å². The minimum Gasteiger partial charge on any atom is -0.466 e. The molecule has 0 spiro atoms. The van der Waals surface area contributed by atoms with E-state index in [2.05, 4.69) is 32.6 Å². The first kappa shape index (κ1) is 52.9. The van der Waals surface area contributed by atoms with Crippen LogP contribution in [0.4, 0.5) is 0 Å². The number of esters is 2. The lowest BCUT2D eigenvalue weighted by Crippen LogP contribution is -2.34. The van der Waals surface area contributed by atoms with Crippen LogP contribution in [0.2, 0.25) is 0 Å². The van der Waals surface area contributed by atoms with Gasteiger partial charge in [0.25, 0.3) is 0 Å². The Bertz CT molecular complexity index is 764. The highest BCUT2D eigenvalue weighted by molar-refractivity contribution is 5.69. The lowest BCUT2D eigenvalue weighted by Gasteiger charge is -2.30. The summed E-state index contributed by atoms with van der Waals surface area (Å²) in [6.45, 7) is 14.3. The molecule has 0 aromatic heterocycles. The fourth-order valence-electron chi connectivity index (χ4n) is 9.07. The molecule has 1 aliphatic heterocycles. The summed E-state index contributed by atoms with van der Waals surface area (Å²) >= 11 is 0. The molecular weight excluding hydrogens is 691 g/mol. The second-order valence-corrected chi connectivity index (χ2v) is 18.3. The average molecular weight is 790 g/mol. The lowest BCUT2D eigenvalue weighted by molar-refractivity contribution is -0.145. The highest BCUT2D eigenvalue weighted by Gasteiger charge is 2.17. The van der Waals surface area contributed by atoms with Crippen LogP contribution in [-0.4, -0.2) is 49.7 Å². The molecule has 5 nitrogen and oxygen atoms in total. The molecule has 0 bridgehead atoms. The molecule has 0 aliphatic carbocycles. The summed E-state index contributed by atoms with van der Waals surface area (Å²) in [5.74, 6) is 2.35. The van der Waals surface area contributed by atoms with Crippen molar-refractivity contribution in [3.8, 4) is 0 Å². The van der Waals surface area contributed by atoms with Crippen LogP contribution < -0.4 is 0 Å². The zero-order valence-electron chi connectivity index (χ0n) is 38.5. The minimum absolute atomic E-state index is 0.0243. The molecule has 1 fully saturated rings. The van der Waals surface area contributed by atoms with Crippen molar-refractivity contribution in [2.75, 3.05) is 32.8 Å². The molecule has 0 atom stereocenters. The summed E-state index contributed by atoms with van der Waals surface area (Å²) in [7, 11) is 0. The summed E-state index contributed by atoms with van der Waals surface area (Å²) in [6, 6.07) is 0. The van der Waals surface area contributed by atoms with Gasteiger partial charge in [0.15, 0.2) is 0 Å². The van der Waals surface area contributed by atoms with E-state index in [-0.39, 0.29) is 11.9 Å². The Morgan fingerprint density at radius 2 is 0.714 bits per heavy atom. The third kappa shape index (κ3) is 33.8. The van der Waals surface area contributed by atoms with Gasteiger partial charge in [-0.15, -0.1) is 0 Å². The maximum absolute atomic E-state index is 12.4. The van der Waals surface area contributed by atoms with Gasteiger partial charge in [0.1, 0.15) is 0 Å². The van der Waals surface area contributed by atoms with Gasteiger partial charge in [-0.1, -0.05) is 201 Å². The van der Waals surface area contributed by atoms with Crippen molar-refractivity contribution in [2.45, 2.75) is 265 Å². The predicted octanol–water partition coefficient (Wildman–Crippen LogP) is 15.8. The quantitative estimate of drug-likeness (QED) is 0.0455. The molecule has 0 unspecified atom stereocenters. The van der Waals surface area contributed by atoms with Crippen LogP contribution in [-0.2, 0) is 19.1 Å². The zero-order chi connectivity index (χ0) is 40.6. The van der Waals surface area contributed by atoms with Gasteiger partial charge in [0.05, 0.1) is 13.2 Å². The number of likely N-dealkylation sites (tertiary alicyclic amines) is 1. The van der Waals surface area contributed by atoms with E-state index in [4.69, 9.17) is 9.47 Å².